The van der Waals surface area contributed by atoms with Crippen LogP contribution in [-0.4, -0.2) is 36.1 Å². The third kappa shape index (κ3) is 3.94. The van der Waals surface area contributed by atoms with E-state index in [-0.39, 0.29) is 18.1 Å². The second kappa shape index (κ2) is 7.32. The first-order valence-electron chi connectivity index (χ1n) is 8.30. The minimum atomic E-state index is 0.0706. The van der Waals surface area contributed by atoms with Crippen LogP contribution in [-0.2, 0) is 9.53 Å². The molecule has 2 aromatic rings. The number of morpholine rings is 1. The number of hydrogen-bond donors (Lipinski definition) is 0. The molecule has 1 amide bonds. The number of ether oxygens (including phenoxy) is 1. The topological polar surface area (TPSA) is 29.5 Å². The number of aryl methyl sites for hydroxylation is 1. The summed E-state index contributed by atoms with van der Waals surface area (Å²) >= 11 is 1.60. The van der Waals surface area contributed by atoms with Crippen molar-refractivity contribution >= 4 is 28.9 Å². The lowest BCUT2D eigenvalue weighted by Crippen LogP contribution is -2.48. The van der Waals surface area contributed by atoms with E-state index in [0.29, 0.717) is 13.1 Å². The van der Waals surface area contributed by atoms with Crippen LogP contribution in [0.15, 0.2) is 41.8 Å². The Kier molecular flexibility index (Phi) is 5.17. The molecule has 3 rings (SSSR count). The van der Waals surface area contributed by atoms with Crippen LogP contribution in [0, 0.1) is 6.92 Å². The minimum Gasteiger partial charge on any atom is -0.372 e. The Morgan fingerprint density at radius 2 is 1.96 bits per heavy atom. The lowest BCUT2D eigenvalue weighted by atomic mass is 10.1. The fraction of sp³-hybridized carbons (Fsp3) is 0.350. The maximum Gasteiger partial charge on any atom is 0.255 e. The fourth-order valence-electron chi connectivity index (χ4n) is 3.11. The van der Waals surface area contributed by atoms with Crippen LogP contribution < -0.4 is 0 Å². The number of rotatable bonds is 3. The van der Waals surface area contributed by atoms with Crippen LogP contribution in [0.4, 0.5) is 0 Å². The molecule has 0 bridgehead atoms. The van der Waals surface area contributed by atoms with Crippen LogP contribution in [0.1, 0.15) is 29.9 Å². The van der Waals surface area contributed by atoms with Gasteiger partial charge in [-0.1, -0.05) is 35.9 Å². The van der Waals surface area contributed by atoms with Gasteiger partial charge in [-0.2, -0.15) is 0 Å². The zero-order valence-corrected chi connectivity index (χ0v) is 15.2. The van der Waals surface area contributed by atoms with E-state index in [1.165, 1.54) is 5.56 Å². The predicted octanol–water partition coefficient (Wildman–Crippen LogP) is 4.23. The van der Waals surface area contributed by atoms with E-state index in [4.69, 9.17) is 4.74 Å². The molecular formula is C20H23NO2S. The molecule has 0 aliphatic carbocycles. The first-order chi connectivity index (χ1) is 11.5. The van der Waals surface area contributed by atoms with Gasteiger partial charge in [0, 0.05) is 18.0 Å². The number of carbonyl (C=O) groups is 1. The summed E-state index contributed by atoms with van der Waals surface area (Å²) in [7, 11) is 0. The average Bonchev–Trinajstić information content (AvgIpc) is 3.05. The Morgan fingerprint density at radius 1 is 1.21 bits per heavy atom. The van der Waals surface area contributed by atoms with E-state index in [0.717, 1.165) is 16.0 Å². The zero-order valence-electron chi connectivity index (χ0n) is 14.4. The van der Waals surface area contributed by atoms with Gasteiger partial charge in [0.05, 0.1) is 17.8 Å². The molecule has 1 aliphatic rings. The zero-order chi connectivity index (χ0) is 17.1. The standard InChI is InChI=1S/C20H23NO2S/c1-14-6-4-7-17(10-14)11-18(19-8-5-9-24-19)20(22)21-12-15(2)23-16(3)13-21/h4-11,15-16H,12-13H2,1-3H3/b18-11+/t15-,16+. The van der Waals surface area contributed by atoms with Gasteiger partial charge in [-0.25, -0.2) is 0 Å². The van der Waals surface area contributed by atoms with Gasteiger partial charge in [0.25, 0.3) is 5.91 Å². The molecule has 126 valence electrons. The molecule has 1 aliphatic heterocycles. The molecule has 0 radical (unpaired) electrons. The first kappa shape index (κ1) is 16.9. The van der Waals surface area contributed by atoms with Gasteiger partial charge >= 0.3 is 0 Å². The molecule has 4 heteroatoms. The van der Waals surface area contributed by atoms with Crippen molar-refractivity contribution in [3.63, 3.8) is 0 Å². The summed E-state index contributed by atoms with van der Waals surface area (Å²) in [5.74, 6) is 0.0842. The lowest BCUT2D eigenvalue weighted by Gasteiger charge is -2.35. The van der Waals surface area contributed by atoms with E-state index in [1.807, 2.05) is 54.5 Å². The Bertz CT molecular complexity index is 726. The number of nitrogens with zero attached hydrogens (tertiary/aromatic N) is 1. The van der Waals surface area contributed by atoms with Crippen molar-refractivity contribution in [2.45, 2.75) is 33.0 Å². The van der Waals surface area contributed by atoms with Gasteiger partial charge in [0.2, 0.25) is 0 Å². The highest BCUT2D eigenvalue weighted by atomic mass is 32.1. The maximum absolute atomic E-state index is 13.2. The highest BCUT2D eigenvalue weighted by molar-refractivity contribution is 7.11. The molecule has 2 heterocycles. The summed E-state index contributed by atoms with van der Waals surface area (Å²) in [6.45, 7) is 7.38. The average molecular weight is 341 g/mol. The quantitative estimate of drug-likeness (QED) is 0.782. The third-order valence-corrected chi connectivity index (χ3v) is 4.98. The van der Waals surface area contributed by atoms with Crippen molar-refractivity contribution in [2.24, 2.45) is 0 Å². The molecular weight excluding hydrogens is 318 g/mol. The van der Waals surface area contributed by atoms with Crippen molar-refractivity contribution in [3.05, 3.63) is 57.8 Å². The van der Waals surface area contributed by atoms with Gasteiger partial charge in [-0.15, -0.1) is 11.3 Å². The number of thiophene rings is 1. The first-order valence-corrected chi connectivity index (χ1v) is 9.18. The van der Waals surface area contributed by atoms with E-state index in [9.17, 15) is 4.79 Å². The Hall–Kier alpha value is -1.91. The molecule has 0 unspecified atom stereocenters. The maximum atomic E-state index is 13.2. The van der Waals surface area contributed by atoms with Crippen LogP contribution in [0.3, 0.4) is 0 Å². The van der Waals surface area contributed by atoms with Gasteiger partial charge in [0.15, 0.2) is 0 Å². The number of carbonyl (C=O) groups excluding carboxylic acids is 1. The molecule has 1 aromatic carbocycles. The molecule has 24 heavy (non-hydrogen) atoms. The summed E-state index contributed by atoms with van der Waals surface area (Å²) in [6, 6.07) is 12.2. The predicted molar refractivity (Wildman–Crippen MR) is 100.0 cm³/mol. The Balaban J connectivity index is 1.95. The van der Waals surface area contributed by atoms with E-state index >= 15 is 0 Å². The van der Waals surface area contributed by atoms with E-state index in [1.54, 1.807) is 11.3 Å². The van der Waals surface area contributed by atoms with Crippen LogP contribution >= 0.6 is 11.3 Å². The molecule has 0 saturated carbocycles. The Morgan fingerprint density at radius 3 is 2.58 bits per heavy atom. The minimum absolute atomic E-state index is 0.0706. The Labute approximate surface area is 147 Å². The summed E-state index contributed by atoms with van der Waals surface area (Å²) < 4.78 is 5.76. The molecule has 2 atom stereocenters. The summed E-state index contributed by atoms with van der Waals surface area (Å²) in [5, 5.41) is 2.01. The van der Waals surface area contributed by atoms with Gasteiger partial charge in [-0.3, -0.25) is 4.79 Å². The normalized spacial score (nSPS) is 21.8. The lowest BCUT2D eigenvalue weighted by molar-refractivity contribution is -0.136. The smallest absolute Gasteiger partial charge is 0.255 e. The molecule has 0 N–H and O–H groups in total. The number of benzene rings is 1. The SMILES string of the molecule is Cc1cccc(/C=C(/C(=O)N2C[C@@H](C)O[C@@H](C)C2)c2cccs2)c1. The highest BCUT2D eigenvalue weighted by Gasteiger charge is 2.28. The number of hydrogen-bond acceptors (Lipinski definition) is 3. The van der Waals surface area contributed by atoms with Crippen molar-refractivity contribution in [2.75, 3.05) is 13.1 Å². The summed E-state index contributed by atoms with van der Waals surface area (Å²) in [6.07, 6.45) is 2.15. The fourth-order valence-corrected chi connectivity index (χ4v) is 3.84. The number of amides is 1. The van der Waals surface area contributed by atoms with E-state index in [2.05, 4.69) is 19.1 Å². The molecule has 0 spiro atoms. The van der Waals surface area contributed by atoms with Crippen LogP contribution in [0.25, 0.3) is 11.6 Å². The van der Waals surface area contributed by atoms with Gasteiger partial charge < -0.3 is 9.64 Å². The molecule has 1 saturated heterocycles. The summed E-state index contributed by atoms with van der Waals surface area (Å²) in [5.41, 5.74) is 3.01. The van der Waals surface area contributed by atoms with Crippen LogP contribution in [0.2, 0.25) is 0 Å². The van der Waals surface area contributed by atoms with Crippen molar-refractivity contribution in [3.8, 4) is 0 Å². The molecule has 1 fully saturated rings. The monoisotopic (exact) mass is 341 g/mol. The van der Waals surface area contributed by atoms with Crippen molar-refractivity contribution < 1.29 is 9.53 Å². The van der Waals surface area contributed by atoms with Crippen molar-refractivity contribution in [1.82, 2.24) is 4.90 Å². The molecule has 3 nitrogen and oxygen atoms in total. The summed E-state index contributed by atoms with van der Waals surface area (Å²) in [4.78, 5) is 16.1. The van der Waals surface area contributed by atoms with Crippen molar-refractivity contribution in [1.29, 1.82) is 0 Å². The third-order valence-electron chi connectivity index (χ3n) is 4.08. The van der Waals surface area contributed by atoms with Crippen LogP contribution in [0.5, 0.6) is 0 Å². The van der Waals surface area contributed by atoms with E-state index < -0.39 is 0 Å². The molecule has 1 aromatic heterocycles. The second-order valence-corrected chi connectivity index (χ2v) is 7.36. The second-order valence-electron chi connectivity index (χ2n) is 6.42. The van der Waals surface area contributed by atoms with Gasteiger partial charge in [0.1, 0.15) is 0 Å². The van der Waals surface area contributed by atoms with Gasteiger partial charge in [-0.05, 0) is 43.9 Å². The highest BCUT2D eigenvalue weighted by Crippen LogP contribution is 2.26. The largest absolute Gasteiger partial charge is 0.372 e.